The first-order valence-electron chi connectivity index (χ1n) is 9.74. The smallest absolute Gasteiger partial charge is 0.305 e. The molecule has 0 aliphatic heterocycles. The predicted molar refractivity (Wildman–Crippen MR) is 110 cm³/mol. The van der Waals surface area contributed by atoms with Crippen molar-refractivity contribution in [1.82, 2.24) is 0 Å². The van der Waals surface area contributed by atoms with Crippen molar-refractivity contribution in [3.05, 3.63) is 48.6 Å². The third-order valence-electron chi connectivity index (χ3n) is 3.93. The van der Waals surface area contributed by atoms with Crippen LogP contribution < -0.4 is 0 Å². The third-order valence-corrected chi connectivity index (χ3v) is 3.93. The minimum absolute atomic E-state index is 0.0920. The molecule has 0 unspecified atom stereocenters. The van der Waals surface area contributed by atoms with Gasteiger partial charge in [-0.2, -0.15) is 0 Å². The number of ether oxygens (including phenoxy) is 1. The van der Waals surface area contributed by atoms with Crippen LogP contribution in [-0.2, 0) is 9.53 Å². The fourth-order valence-electron chi connectivity index (χ4n) is 2.36. The molecule has 2 nitrogen and oxygen atoms in total. The zero-order chi connectivity index (χ0) is 18.8. The summed E-state index contributed by atoms with van der Waals surface area (Å²) < 4.78 is 4.62. The lowest BCUT2D eigenvalue weighted by Gasteiger charge is -2.13. The molecule has 2 heteroatoms. The summed E-state index contributed by atoms with van der Waals surface area (Å²) in [5, 5.41) is 0. The Hall–Kier alpha value is -1.57. The van der Waals surface area contributed by atoms with Crippen molar-refractivity contribution < 1.29 is 9.53 Å². The molecule has 0 spiro atoms. The normalized spacial score (nSPS) is 13.0. The number of carbonyl (C=O) groups is 1. The van der Waals surface area contributed by atoms with E-state index in [0.717, 1.165) is 25.7 Å². The lowest BCUT2D eigenvalue weighted by atomic mass is 9.92. The lowest BCUT2D eigenvalue weighted by molar-refractivity contribution is -0.140. The summed E-state index contributed by atoms with van der Waals surface area (Å²) in [6.07, 6.45) is 27.2. The second-order valence-corrected chi connectivity index (χ2v) is 7.00. The Balaban J connectivity index is 3.87. The Bertz CT molecular complexity index is 439. The SMILES string of the molecule is CCCCCC=CCC=CC(C)(C)C=CC/C=C\CCCC(=O)OC. The molecule has 25 heavy (non-hydrogen) atoms. The summed E-state index contributed by atoms with van der Waals surface area (Å²) in [7, 11) is 1.43. The van der Waals surface area contributed by atoms with Crippen molar-refractivity contribution in [1.29, 1.82) is 0 Å². The number of carbonyl (C=O) groups excluding carboxylic acids is 1. The topological polar surface area (TPSA) is 26.3 Å². The van der Waals surface area contributed by atoms with Gasteiger partial charge >= 0.3 is 5.97 Å². The minimum atomic E-state index is -0.127. The first-order chi connectivity index (χ1) is 12.0. The summed E-state index contributed by atoms with van der Waals surface area (Å²) in [5.74, 6) is -0.127. The van der Waals surface area contributed by atoms with E-state index in [1.807, 2.05) is 0 Å². The van der Waals surface area contributed by atoms with Gasteiger partial charge in [0.25, 0.3) is 0 Å². The van der Waals surface area contributed by atoms with E-state index in [9.17, 15) is 4.79 Å². The first kappa shape index (κ1) is 23.4. The van der Waals surface area contributed by atoms with Crippen LogP contribution in [0.3, 0.4) is 0 Å². The number of unbranched alkanes of at least 4 members (excludes halogenated alkanes) is 4. The monoisotopic (exact) mass is 346 g/mol. The molecular formula is C23H38O2. The van der Waals surface area contributed by atoms with Gasteiger partial charge in [0.15, 0.2) is 0 Å². The molecule has 0 N–H and O–H groups in total. The van der Waals surface area contributed by atoms with Gasteiger partial charge in [0.2, 0.25) is 0 Å². The van der Waals surface area contributed by atoms with Gasteiger partial charge in [-0.05, 0) is 38.5 Å². The number of methoxy groups -OCH3 is 1. The van der Waals surface area contributed by atoms with Gasteiger partial charge < -0.3 is 4.74 Å². The van der Waals surface area contributed by atoms with Gasteiger partial charge in [-0.3, -0.25) is 4.79 Å². The van der Waals surface area contributed by atoms with Crippen molar-refractivity contribution >= 4 is 5.97 Å². The average Bonchev–Trinajstić information content (AvgIpc) is 2.59. The number of hydrogen-bond donors (Lipinski definition) is 0. The highest BCUT2D eigenvalue weighted by Gasteiger charge is 2.07. The summed E-state index contributed by atoms with van der Waals surface area (Å²) >= 11 is 0. The Morgan fingerprint density at radius 3 is 1.92 bits per heavy atom. The van der Waals surface area contributed by atoms with E-state index in [0.29, 0.717) is 6.42 Å². The van der Waals surface area contributed by atoms with Crippen LogP contribution in [0.2, 0.25) is 0 Å². The molecule has 0 aromatic carbocycles. The first-order valence-corrected chi connectivity index (χ1v) is 9.74. The Morgan fingerprint density at radius 2 is 1.40 bits per heavy atom. The summed E-state index contributed by atoms with van der Waals surface area (Å²) in [6, 6.07) is 0. The van der Waals surface area contributed by atoms with Crippen molar-refractivity contribution in [3.8, 4) is 0 Å². The summed E-state index contributed by atoms with van der Waals surface area (Å²) in [5.41, 5.74) is 0.0920. The molecule has 0 aromatic heterocycles. The van der Waals surface area contributed by atoms with Crippen LogP contribution in [0.15, 0.2) is 48.6 Å². The lowest BCUT2D eigenvalue weighted by Crippen LogP contribution is -2.01. The van der Waals surface area contributed by atoms with Gasteiger partial charge in [0, 0.05) is 11.8 Å². The van der Waals surface area contributed by atoms with E-state index < -0.39 is 0 Å². The fraction of sp³-hybridized carbons (Fsp3) is 0.609. The Morgan fingerprint density at radius 1 is 0.840 bits per heavy atom. The van der Waals surface area contributed by atoms with Crippen LogP contribution in [0.5, 0.6) is 0 Å². The van der Waals surface area contributed by atoms with Gasteiger partial charge in [0.05, 0.1) is 7.11 Å². The standard InChI is InChI=1S/C23H38O2/c1-5-6-7-8-9-11-14-17-20-23(2,3)21-18-15-12-10-13-16-19-22(24)25-4/h9-12,17-18,20-21H,5-8,13-16,19H2,1-4H3/b11-9?,12-10-,20-17?,21-18?. The van der Waals surface area contributed by atoms with E-state index in [2.05, 4.69) is 74.1 Å². The quantitative estimate of drug-likeness (QED) is 0.193. The average molecular weight is 347 g/mol. The van der Waals surface area contributed by atoms with Crippen LogP contribution in [0, 0.1) is 5.41 Å². The highest BCUT2D eigenvalue weighted by atomic mass is 16.5. The molecule has 0 saturated carbocycles. The molecule has 0 bridgehead atoms. The van der Waals surface area contributed by atoms with Gasteiger partial charge in [-0.25, -0.2) is 0 Å². The molecular weight excluding hydrogens is 308 g/mol. The number of rotatable bonds is 14. The Labute approximate surface area is 155 Å². The second-order valence-electron chi connectivity index (χ2n) is 7.00. The van der Waals surface area contributed by atoms with E-state index in [4.69, 9.17) is 0 Å². The number of hydrogen-bond acceptors (Lipinski definition) is 2. The molecule has 0 atom stereocenters. The molecule has 0 heterocycles. The third kappa shape index (κ3) is 17.1. The van der Waals surface area contributed by atoms with Crippen LogP contribution >= 0.6 is 0 Å². The largest absolute Gasteiger partial charge is 0.469 e. The maximum atomic E-state index is 11.0. The van der Waals surface area contributed by atoms with Gasteiger partial charge in [-0.15, -0.1) is 0 Å². The van der Waals surface area contributed by atoms with Crippen LogP contribution in [0.1, 0.15) is 78.6 Å². The molecule has 0 aromatic rings. The molecule has 0 saturated heterocycles. The molecule has 0 amide bonds. The van der Waals surface area contributed by atoms with Crippen LogP contribution in [-0.4, -0.2) is 13.1 Å². The van der Waals surface area contributed by atoms with Gasteiger partial charge in [-0.1, -0.05) is 82.2 Å². The van der Waals surface area contributed by atoms with E-state index >= 15 is 0 Å². The van der Waals surface area contributed by atoms with E-state index in [-0.39, 0.29) is 11.4 Å². The molecule has 0 aliphatic carbocycles. The molecule has 0 rings (SSSR count). The zero-order valence-corrected chi connectivity index (χ0v) is 16.8. The van der Waals surface area contributed by atoms with Crippen molar-refractivity contribution in [2.45, 2.75) is 78.6 Å². The van der Waals surface area contributed by atoms with Crippen molar-refractivity contribution in [2.75, 3.05) is 7.11 Å². The van der Waals surface area contributed by atoms with E-state index in [1.54, 1.807) is 0 Å². The Kier molecular flexibility index (Phi) is 14.9. The number of allylic oxidation sites excluding steroid dienone is 8. The second kappa shape index (κ2) is 15.9. The number of esters is 1. The van der Waals surface area contributed by atoms with Crippen LogP contribution in [0.4, 0.5) is 0 Å². The zero-order valence-electron chi connectivity index (χ0n) is 16.8. The van der Waals surface area contributed by atoms with E-state index in [1.165, 1.54) is 32.8 Å². The maximum absolute atomic E-state index is 11.0. The molecule has 0 aliphatic rings. The highest BCUT2D eigenvalue weighted by molar-refractivity contribution is 5.69. The highest BCUT2D eigenvalue weighted by Crippen LogP contribution is 2.19. The predicted octanol–water partition coefficient (Wildman–Crippen LogP) is 6.94. The molecule has 0 fully saturated rings. The van der Waals surface area contributed by atoms with Crippen molar-refractivity contribution in [3.63, 3.8) is 0 Å². The maximum Gasteiger partial charge on any atom is 0.305 e. The summed E-state index contributed by atoms with van der Waals surface area (Å²) in [4.78, 5) is 11.0. The van der Waals surface area contributed by atoms with Crippen LogP contribution in [0.25, 0.3) is 0 Å². The molecule has 142 valence electrons. The van der Waals surface area contributed by atoms with Crippen molar-refractivity contribution in [2.24, 2.45) is 5.41 Å². The summed E-state index contributed by atoms with van der Waals surface area (Å²) in [6.45, 7) is 6.69. The minimum Gasteiger partial charge on any atom is -0.469 e. The molecule has 0 radical (unpaired) electrons. The van der Waals surface area contributed by atoms with Gasteiger partial charge in [0.1, 0.15) is 0 Å². The fourth-order valence-corrected chi connectivity index (χ4v) is 2.36.